The van der Waals surface area contributed by atoms with Crippen molar-refractivity contribution in [2.75, 3.05) is 24.5 Å². The molecule has 1 aromatic rings. The van der Waals surface area contributed by atoms with Gasteiger partial charge in [-0.2, -0.15) is 0 Å². The summed E-state index contributed by atoms with van der Waals surface area (Å²) in [6, 6.07) is 6.06. The molecule has 100 valence electrons. The Labute approximate surface area is 114 Å². The fourth-order valence-corrected chi connectivity index (χ4v) is 2.57. The molecule has 1 aromatic carbocycles. The molecule has 1 saturated heterocycles. The van der Waals surface area contributed by atoms with E-state index < -0.39 is 0 Å². The quantitative estimate of drug-likeness (QED) is 0.880. The van der Waals surface area contributed by atoms with Crippen LogP contribution in [0, 0.1) is 0 Å². The van der Waals surface area contributed by atoms with E-state index in [0.717, 1.165) is 44.0 Å². The van der Waals surface area contributed by atoms with Crippen molar-refractivity contribution in [2.45, 2.75) is 32.4 Å². The second-order valence-corrected chi connectivity index (χ2v) is 5.21. The third-order valence-corrected chi connectivity index (χ3v) is 3.65. The van der Waals surface area contributed by atoms with Gasteiger partial charge in [-0.1, -0.05) is 18.5 Å². The van der Waals surface area contributed by atoms with Crippen LogP contribution in [-0.4, -0.2) is 30.8 Å². The molecule has 1 fully saturated rings. The Bertz CT molecular complexity index is 389. The van der Waals surface area contributed by atoms with E-state index in [0.29, 0.717) is 0 Å². The van der Waals surface area contributed by atoms with Gasteiger partial charge in [-0.15, -0.1) is 0 Å². The highest BCUT2D eigenvalue weighted by Gasteiger charge is 2.19. The molecule has 1 aliphatic rings. The molecule has 4 heteroatoms. The van der Waals surface area contributed by atoms with Crippen LogP contribution in [0.5, 0.6) is 0 Å². The molecule has 0 aromatic heterocycles. The second-order valence-electron chi connectivity index (χ2n) is 4.77. The molecule has 0 saturated carbocycles. The van der Waals surface area contributed by atoms with Crippen LogP contribution in [0.2, 0.25) is 5.02 Å². The Kier molecular flexibility index (Phi) is 4.87. The molecule has 18 heavy (non-hydrogen) atoms. The third kappa shape index (κ3) is 3.37. The van der Waals surface area contributed by atoms with Crippen LogP contribution in [0.3, 0.4) is 0 Å². The van der Waals surface area contributed by atoms with Gasteiger partial charge in [-0.05, 0) is 43.1 Å². The summed E-state index contributed by atoms with van der Waals surface area (Å²) < 4.78 is 0. The van der Waals surface area contributed by atoms with Gasteiger partial charge in [0.1, 0.15) is 0 Å². The molecule has 0 atom stereocenters. The summed E-state index contributed by atoms with van der Waals surface area (Å²) in [7, 11) is 0. The minimum Gasteiger partial charge on any atom is -0.393 e. The van der Waals surface area contributed by atoms with Gasteiger partial charge in [0.2, 0.25) is 0 Å². The van der Waals surface area contributed by atoms with Crippen LogP contribution >= 0.6 is 11.6 Å². The van der Waals surface area contributed by atoms with Gasteiger partial charge >= 0.3 is 0 Å². The topological polar surface area (TPSA) is 35.5 Å². The van der Waals surface area contributed by atoms with E-state index in [1.54, 1.807) is 0 Å². The minimum absolute atomic E-state index is 0.134. The summed E-state index contributed by atoms with van der Waals surface area (Å²) in [5, 5.41) is 13.7. The van der Waals surface area contributed by atoms with E-state index in [4.69, 9.17) is 11.6 Å². The predicted octanol–water partition coefficient (Wildman–Crippen LogP) is 2.41. The van der Waals surface area contributed by atoms with Crippen LogP contribution in [0.1, 0.15) is 25.3 Å². The maximum atomic E-state index is 9.57. The summed E-state index contributed by atoms with van der Waals surface area (Å²) in [6.07, 6.45) is 1.57. The fraction of sp³-hybridized carbons (Fsp3) is 0.571. The highest BCUT2D eigenvalue weighted by atomic mass is 35.5. The lowest BCUT2D eigenvalue weighted by Gasteiger charge is -2.33. The van der Waals surface area contributed by atoms with Crippen molar-refractivity contribution in [1.29, 1.82) is 0 Å². The molecule has 3 nitrogen and oxygen atoms in total. The molecular weight excluding hydrogens is 248 g/mol. The average molecular weight is 269 g/mol. The highest BCUT2D eigenvalue weighted by Crippen LogP contribution is 2.27. The first kappa shape index (κ1) is 13.7. The van der Waals surface area contributed by atoms with Gasteiger partial charge in [-0.25, -0.2) is 0 Å². The number of hydrogen-bond donors (Lipinski definition) is 2. The number of nitrogens with zero attached hydrogens (tertiary/aromatic N) is 1. The molecule has 2 rings (SSSR count). The third-order valence-electron chi connectivity index (χ3n) is 3.41. The number of aliphatic hydroxyl groups excluding tert-OH is 1. The molecule has 0 bridgehead atoms. The zero-order valence-electron chi connectivity index (χ0n) is 10.8. The summed E-state index contributed by atoms with van der Waals surface area (Å²) in [6.45, 7) is 5.72. The monoisotopic (exact) mass is 268 g/mol. The van der Waals surface area contributed by atoms with E-state index in [1.165, 1.54) is 11.3 Å². The molecule has 0 amide bonds. The van der Waals surface area contributed by atoms with Crippen molar-refractivity contribution in [3.05, 3.63) is 28.8 Å². The smallest absolute Gasteiger partial charge is 0.0574 e. The Balaban J connectivity index is 2.15. The summed E-state index contributed by atoms with van der Waals surface area (Å²) >= 11 is 6.07. The van der Waals surface area contributed by atoms with Crippen molar-refractivity contribution in [3.63, 3.8) is 0 Å². The number of rotatable bonds is 4. The molecule has 2 N–H and O–H groups in total. The van der Waals surface area contributed by atoms with Crippen LogP contribution in [0.25, 0.3) is 0 Å². The van der Waals surface area contributed by atoms with Crippen molar-refractivity contribution in [2.24, 2.45) is 0 Å². The number of nitrogens with one attached hydrogen (secondary N) is 1. The van der Waals surface area contributed by atoms with Crippen LogP contribution < -0.4 is 10.2 Å². The summed E-state index contributed by atoms with van der Waals surface area (Å²) in [5.41, 5.74) is 2.48. The number of halogens is 1. The second kappa shape index (κ2) is 6.41. The first-order valence-electron chi connectivity index (χ1n) is 6.63. The standard InChI is InChI=1S/C14H21ClN2O/c1-2-16-10-11-9-12(15)3-4-14(11)17-7-5-13(18)6-8-17/h3-4,9,13,16,18H,2,5-8,10H2,1H3. The van der Waals surface area contributed by atoms with E-state index in [-0.39, 0.29) is 6.10 Å². The Morgan fingerprint density at radius 3 is 2.78 bits per heavy atom. The van der Waals surface area contributed by atoms with E-state index in [9.17, 15) is 5.11 Å². The van der Waals surface area contributed by atoms with Gasteiger partial charge in [0.25, 0.3) is 0 Å². The average Bonchev–Trinajstić information content (AvgIpc) is 2.38. The van der Waals surface area contributed by atoms with E-state index in [1.807, 2.05) is 12.1 Å². The van der Waals surface area contributed by atoms with Gasteiger partial charge < -0.3 is 15.3 Å². The van der Waals surface area contributed by atoms with Crippen LogP contribution in [0.15, 0.2) is 18.2 Å². The number of piperidine rings is 1. The minimum atomic E-state index is -0.134. The number of benzene rings is 1. The zero-order chi connectivity index (χ0) is 13.0. The summed E-state index contributed by atoms with van der Waals surface area (Å²) in [4.78, 5) is 2.34. The molecule has 0 spiro atoms. The van der Waals surface area contributed by atoms with Crippen molar-refractivity contribution in [3.8, 4) is 0 Å². The van der Waals surface area contributed by atoms with E-state index >= 15 is 0 Å². The number of hydrogen-bond acceptors (Lipinski definition) is 3. The first-order chi connectivity index (χ1) is 8.70. The SMILES string of the molecule is CCNCc1cc(Cl)ccc1N1CCC(O)CC1. The predicted molar refractivity (Wildman–Crippen MR) is 76.3 cm³/mol. The van der Waals surface area contributed by atoms with Gasteiger partial charge in [-0.3, -0.25) is 0 Å². The Morgan fingerprint density at radius 2 is 2.11 bits per heavy atom. The first-order valence-corrected chi connectivity index (χ1v) is 7.00. The number of aliphatic hydroxyl groups is 1. The van der Waals surface area contributed by atoms with E-state index in [2.05, 4.69) is 23.2 Å². The lowest BCUT2D eigenvalue weighted by Crippen LogP contribution is -2.36. The summed E-state index contributed by atoms with van der Waals surface area (Å²) in [5.74, 6) is 0. The Morgan fingerprint density at radius 1 is 1.39 bits per heavy atom. The van der Waals surface area contributed by atoms with Crippen molar-refractivity contribution < 1.29 is 5.11 Å². The van der Waals surface area contributed by atoms with Gasteiger partial charge in [0.05, 0.1) is 6.10 Å². The molecule has 0 unspecified atom stereocenters. The molecular formula is C14H21ClN2O. The molecule has 0 radical (unpaired) electrons. The largest absolute Gasteiger partial charge is 0.393 e. The van der Waals surface area contributed by atoms with Crippen molar-refractivity contribution in [1.82, 2.24) is 5.32 Å². The maximum Gasteiger partial charge on any atom is 0.0574 e. The van der Waals surface area contributed by atoms with Gasteiger partial charge in [0, 0.05) is 30.3 Å². The number of anilines is 1. The fourth-order valence-electron chi connectivity index (χ4n) is 2.37. The van der Waals surface area contributed by atoms with Crippen LogP contribution in [-0.2, 0) is 6.54 Å². The Hall–Kier alpha value is -0.770. The zero-order valence-corrected chi connectivity index (χ0v) is 11.6. The maximum absolute atomic E-state index is 9.57. The lowest BCUT2D eigenvalue weighted by molar-refractivity contribution is 0.145. The highest BCUT2D eigenvalue weighted by molar-refractivity contribution is 6.30. The van der Waals surface area contributed by atoms with Gasteiger partial charge in [0.15, 0.2) is 0 Å². The normalized spacial score (nSPS) is 17.2. The van der Waals surface area contributed by atoms with Crippen molar-refractivity contribution >= 4 is 17.3 Å². The lowest BCUT2D eigenvalue weighted by atomic mass is 10.0. The van der Waals surface area contributed by atoms with Crippen LogP contribution in [0.4, 0.5) is 5.69 Å². The molecule has 1 heterocycles. The molecule has 1 aliphatic heterocycles. The molecule has 0 aliphatic carbocycles.